The molecule has 2 fully saturated rings. The summed E-state index contributed by atoms with van der Waals surface area (Å²) < 4.78 is 19.5. The van der Waals surface area contributed by atoms with E-state index in [1.165, 1.54) is 12.4 Å². The van der Waals surface area contributed by atoms with E-state index in [4.69, 9.17) is 4.74 Å². The zero-order valence-electron chi connectivity index (χ0n) is 18.1. The summed E-state index contributed by atoms with van der Waals surface area (Å²) in [6.07, 6.45) is 1.37. The fraction of sp³-hybridized carbons (Fsp3) is 0.565. The van der Waals surface area contributed by atoms with Gasteiger partial charge in [0.2, 0.25) is 0 Å². The molecule has 1 aromatic heterocycles. The molecule has 0 N–H and O–H groups in total. The predicted octanol–water partition coefficient (Wildman–Crippen LogP) is 4.12. The van der Waals surface area contributed by atoms with E-state index in [9.17, 15) is 14.0 Å². The number of piperidine rings is 1. The van der Waals surface area contributed by atoms with Crippen molar-refractivity contribution in [3.8, 4) is 0 Å². The number of carbonyl (C=O) groups is 2. The topological polar surface area (TPSA) is 72.4 Å². The van der Waals surface area contributed by atoms with Crippen molar-refractivity contribution in [2.45, 2.75) is 52.1 Å². The van der Waals surface area contributed by atoms with Crippen LogP contribution in [0.4, 0.5) is 9.18 Å². The molecule has 4 rings (SSSR count). The lowest BCUT2D eigenvalue weighted by Crippen LogP contribution is -2.37. The summed E-state index contributed by atoms with van der Waals surface area (Å²) in [5, 5.41) is 0.641. The van der Waals surface area contributed by atoms with Gasteiger partial charge in [-0.1, -0.05) is 26.0 Å². The Balaban J connectivity index is 1.43. The van der Waals surface area contributed by atoms with E-state index in [-0.39, 0.29) is 35.1 Å². The maximum Gasteiger partial charge on any atom is 0.410 e. The number of nitrogens with zero attached hydrogens (tertiary/aromatic N) is 3. The molecule has 1 unspecified atom stereocenters. The number of likely N-dealkylation sites (tertiary alicyclic amines) is 1. The van der Waals surface area contributed by atoms with E-state index in [0.717, 1.165) is 0 Å². The minimum Gasteiger partial charge on any atom is -0.444 e. The molecule has 1 amide bonds. The second kappa shape index (κ2) is 7.00. The van der Waals surface area contributed by atoms with Gasteiger partial charge in [-0.2, -0.15) is 0 Å². The number of carbonyl (C=O) groups excluding carboxylic acids is 2. The average molecular weight is 413 g/mol. The molecule has 6 nitrogen and oxygen atoms in total. The third-order valence-corrected chi connectivity index (χ3v) is 6.09. The summed E-state index contributed by atoms with van der Waals surface area (Å²) in [7, 11) is 0. The summed E-state index contributed by atoms with van der Waals surface area (Å²) in [5.74, 6) is 0.188. The summed E-state index contributed by atoms with van der Waals surface area (Å²) >= 11 is 0. The smallest absolute Gasteiger partial charge is 0.410 e. The van der Waals surface area contributed by atoms with Gasteiger partial charge >= 0.3 is 6.09 Å². The summed E-state index contributed by atoms with van der Waals surface area (Å²) in [4.78, 5) is 35.5. The molecular weight excluding hydrogens is 385 g/mol. The molecule has 1 aliphatic heterocycles. The molecule has 1 aliphatic carbocycles. The van der Waals surface area contributed by atoms with Crippen LogP contribution in [0.15, 0.2) is 24.5 Å². The van der Waals surface area contributed by atoms with Crippen molar-refractivity contribution >= 4 is 22.8 Å². The fourth-order valence-corrected chi connectivity index (χ4v) is 4.71. The number of aromatic nitrogens is 2. The monoisotopic (exact) mass is 413 g/mol. The van der Waals surface area contributed by atoms with Gasteiger partial charge in [0.25, 0.3) is 0 Å². The van der Waals surface area contributed by atoms with E-state index >= 15 is 0 Å². The average Bonchev–Trinajstić information content (AvgIpc) is 3.14. The lowest BCUT2D eigenvalue weighted by atomic mass is 9.80. The van der Waals surface area contributed by atoms with Crippen LogP contribution >= 0.6 is 0 Å². The van der Waals surface area contributed by atoms with Crippen molar-refractivity contribution in [1.29, 1.82) is 0 Å². The first-order valence-electron chi connectivity index (χ1n) is 10.4. The van der Waals surface area contributed by atoms with Crippen molar-refractivity contribution in [3.05, 3.63) is 36.0 Å². The number of hydrogen-bond donors (Lipinski definition) is 0. The summed E-state index contributed by atoms with van der Waals surface area (Å²) in [5.41, 5.74) is -0.114. The number of hydrogen-bond acceptors (Lipinski definition) is 5. The largest absolute Gasteiger partial charge is 0.444 e. The maximum absolute atomic E-state index is 14.1. The Morgan fingerprint density at radius 2 is 1.80 bits per heavy atom. The highest BCUT2D eigenvalue weighted by Gasteiger charge is 2.60. The maximum atomic E-state index is 14.1. The SMILES string of the molecule is CC(C)(C)OC(=O)N1C[C@@H]2C(C(=O)CC(C)(C)c3ncnc4c(F)cccc34)[C@@H]2C1. The molecule has 30 heavy (non-hydrogen) atoms. The first-order chi connectivity index (χ1) is 14.0. The number of Topliss-reactive ketones (excluding diaryl/α,β-unsaturated/α-hetero) is 1. The number of amides is 1. The molecule has 3 atom stereocenters. The first-order valence-corrected chi connectivity index (χ1v) is 10.4. The zero-order chi connectivity index (χ0) is 21.8. The fourth-order valence-electron chi connectivity index (χ4n) is 4.71. The molecule has 2 aliphatic rings. The number of halogens is 1. The minimum absolute atomic E-state index is 0.0206. The summed E-state index contributed by atoms with van der Waals surface area (Å²) in [6, 6.07) is 4.81. The summed E-state index contributed by atoms with van der Waals surface area (Å²) in [6.45, 7) is 10.6. The van der Waals surface area contributed by atoms with Gasteiger partial charge in [-0.25, -0.2) is 19.2 Å². The number of fused-ring (bicyclic) bond motifs is 2. The van der Waals surface area contributed by atoms with Gasteiger partial charge < -0.3 is 9.64 Å². The lowest BCUT2D eigenvalue weighted by molar-refractivity contribution is -0.122. The molecule has 2 heterocycles. The molecule has 2 aromatic rings. The predicted molar refractivity (Wildman–Crippen MR) is 110 cm³/mol. The van der Waals surface area contributed by atoms with Crippen LogP contribution in [0, 0.1) is 23.6 Å². The highest BCUT2D eigenvalue weighted by molar-refractivity contribution is 5.88. The number of ether oxygens (including phenoxy) is 1. The Morgan fingerprint density at radius 3 is 2.43 bits per heavy atom. The van der Waals surface area contributed by atoms with Crippen molar-refractivity contribution in [1.82, 2.24) is 14.9 Å². The van der Waals surface area contributed by atoms with E-state index in [1.54, 1.807) is 17.0 Å². The van der Waals surface area contributed by atoms with Gasteiger partial charge in [-0.15, -0.1) is 0 Å². The van der Waals surface area contributed by atoms with Crippen LogP contribution in [0.25, 0.3) is 10.9 Å². The molecule has 1 saturated heterocycles. The number of benzene rings is 1. The second-order valence-electron chi connectivity index (χ2n) is 10.1. The van der Waals surface area contributed by atoms with Crippen molar-refractivity contribution < 1.29 is 18.7 Å². The lowest BCUT2D eigenvalue weighted by Gasteiger charge is -2.27. The van der Waals surface area contributed by atoms with Gasteiger partial charge in [0.1, 0.15) is 29.0 Å². The van der Waals surface area contributed by atoms with Crippen LogP contribution in [0.3, 0.4) is 0 Å². The van der Waals surface area contributed by atoms with Crippen LogP contribution in [0.1, 0.15) is 46.7 Å². The Morgan fingerprint density at radius 1 is 1.13 bits per heavy atom. The second-order valence-corrected chi connectivity index (χ2v) is 10.1. The van der Waals surface area contributed by atoms with Gasteiger partial charge in [0.05, 0.1) is 5.69 Å². The standard InChI is InChI=1S/C23H28FN3O3/c1-22(2,3)30-21(29)27-10-14-15(11-27)18(14)17(28)9-23(4,5)20-13-7-6-8-16(24)19(13)25-12-26-20/h6-8,12,14-15,18H,9-11H2,1-5H3/t14-,15+,18?. The van der Waals surface area contributed by atoms with Crippen molar-refractivity contribution in [3.63, 3.8) is 0 Å². The van der Waals surface area contributed by atoms with E-state index in [2.05, 4.69) is 9.97 Å². The molecule has 7 heteroatoms. The molecule has 0 spiro atoms. The van der Waals surface area contributed by atoms with E-state index in [0.29, 0.717) is 30.6 Å². The first kappa shape index (κ1) is 20.7. The van der Waals surface area contributed by atoms with Crippen LogP contribution in [0.2, 0.25) is 0 Å². The Kier molecular flexibility index (Phi) is 4.83. The number of rotatable bonds is 4. The van der Waals surface area contributed by atoms with Crippen LogP contribution in [-0.2, 0) is 14.9 Å². The molecular formula is C23H28FN3O3. The Hall–Kier alpha value is -2.57. The minimum atomic E-state index is -0.548. The quantitative estimate of drug-likeness (QED) is 0.754. The molecule has 0 radical (unpaired) electrons. The van der Waals surface area contributed by atoms with E-state index < -0.39 is 16.8 Å². The molecule has 160 valence electrons. The van der Waals surface area contributed by atoms with E-state index in [1.807, 2.05) is 34.6 Å². The Labute approximate surface area is 175 Å². The van der Waals surface area contributed by atoms with Crippen LogP contribution in [-0.4, -0.2) is 45.4 Å². The van der Waals surface area contributed by atoms with Crippen LogP contribution < -0.4 is 0 Å². The third-order valence-electron chi connectivity index (χ3n) is 6.09. The number of ketones is 1. The van der Waals surface area contributed by atoms with Gasteiger partial charge in [-0.05, 0) is 38.7 Å². The zero-order valence-corrected chi connectivity index (χ0v) is 18.1. The molecule has 1 aromatic carbocycles. The Bertz CT molecular complexity index is 1000. The van der Waals surface area contributed by atoms with Crippen molar-refractivity contribution in [2.24, 2.45) is 17.8 Å². The highest BCUT2D eigenvalue weighted by atomic mass is 19.1. The van der Waals surface area contributed by atoms with Gasteiger partial charge in [-0.3, -0.25) is 4.79 Å². The molecule has 1 saturated carbocycles. The highest BCUT2D eigenvalue weighted by Crippen LogP contribution is 2.53. The van der Waals surface area contributed by atoms with Crippen molar-refractivity contribution in [2.75, 3.05) is 13.1 Å². The molecule has 0 bridgehead atoms. The number of para-hydroxylation sites is 1. The normalized spacial score (nSPS) is 23.4. The van der Waals surface area contributed by atoms with Gasteiger partial charge in [0, 0.05) is 36.2 Å². The third kappa shape index (κ3) is 3.77. The van der Waals surface area contributed by atoms with Gasteiger partial charge in [0.15, 0.2) is 0 Å². The van der Waals surface area contributed by atoms with Crippen LogP contribution in [0.5, 0.6) is 0 Å².